The number of nitriles is 1. The van der Waals surface area contributed by atoms with Crippen molar-refractivity contribution in [2.24, 2.45) is 0 Å². The summed E-state index contributed by atoms with van der Waals surface area (Å²) in [5, 5.41) is 17.0. The molecule has 0 bridgehead atoms. The van der Waals surface area contributed by atoms with E-state index in [9.17, 15) is 9.59 Å². The zero-order valence-corrected chi connectivity index (χ0v) is 12.1. The first-order valence-electron chi connectivity index (χ1n) is 6.49. The van der Waals surface area contributed by atoms with Crippen molar-refractivity contribution >= 4 is 17.5 Å². The van der Waals surface area contributed by atoms with E-state index in [2.05, 4.69) is 16.0 Å². The Morgan fingerprint density at radius 2 is 1.90 bits per heavy atom. The second-order valence-electron chi connectivity index (χ2n) is 4.43. The van der Waals surface area contributed by atoms with E-state index in [1.54, 1.807) is 12.1 Å². The number of aryl methyl sites for hydroxylation is 1. The molecule has 0 aliphatic rings. The summed E-state index contributed by atoms with van der Waals surface area (Å²) in [6.45, 7) is 4.23. The first-order valence-corrected chi connectivity index (χ1v) is 6.49. The maximum Gasteiger partial charge on any atom is 0.267 e. The van der Waals surface area contributed by atoms with Gasteiger partial charge in [0.15, 0.2) is 0 Å². The van der Waals surface area contributed by atoms with Crippen LogP contribution < -0.4 is 16.0 Å². The van der Waals surface area contributed by atoms with Gasteiger partial charge in [-0.2, -0.15) is 5.26 Å². The van der Waals surface area contributed by atoms with Crippen molar-refractivity contribution in [2.75, 3.05) is 18.4 Å². The number of hydrogen-bond donors (Lipinski definition) is 3. The number of carbonyl (C=O) groups excluding carboxylic acids is 2. The lowest BCUT2D eigenvalue weighted by Gasteiger charge is -2.05. The van der Waals surface area contributed by atoms with Crippen LogP contribution in [-0.2, 0) is 9.59 Å². The first-order chi connectivity index (χ1) is 10.0. The molecule has 0 aliphatic heterocycles. The Hall–Kier alpha value is -2.81. The number of anilines is 1. The summed E-state index contributed by atoms with van der Waals surface area (Å²) in [5.74, 6) is -0.605. The molecule has 6 nitrogen and oxygen atoms in total. The maximum absolute atomic E-state index is 11.9. The molecule has 0 saturated heterocycles. The number of nitrogens with one attached hydrogen (secondary N) is 3. The fraction of sp³-hybridized carbons (Fsp3) is 0.267. The Balaban J connectivity index is 2.51. The monoisotopic (exact) mass is 286 g/mol. The molecule has 0 saturated carbocycles. The van der Waals surface area contributed by atoms with E-state index >= 15 is 0 Å². The molecule has 0 heterocycles. The van der Waals surface area contributed by atoms with Crippen LogP contribution in [0, 0.1) is 18.3 Å². The third-order valence-electron chi connectivity index (χ3n) is 2.56. The van der Waals surface area contributed by atoms with Crippen LogP contribution in [0.4, 0.5) is 5.69 Å². The van der Waals surface area contributed by atoms with Crippen molar-refractivity contribution in [1.29, 1.82) is 5.26 Å². The van der Waals surface area contributed by atoms with Gasteiger partial charge in [0.05, 0.1) is 0 Å². The minimum atomic E-state index is -0.478. The molecular formula is C15H18N4O2. The van der Waals surface area contributed by atoms with Crippen molar-refractivity contribution in [2.45, 2.75) is 13.8 Å². The molecule has 6 heteroatoms. The second kappa shape index (κ2) is 8.38. The normalized spacial score (nSPS) is 10.4. The van der Waals surface area contributed by atoms with Crippen LogP contribution in [0.2, 0.25) is 0 Å². The lowest BCUT2D eigenvalue weighted by molar-refractivity contribution is -0.119. The van der Waals surface area contributed by atoms with E-state index in [0.717, 1.165) is 5.56 Å². The Bertz CT molecular complexity index is 570. The number of hydrogen-bond acceptors (Lipinski definition) is 4. The molecule has 0 fully saturated rings. The molecule has 1 rings (SSSR count). The van der Waals surface area contributed by atoms with Crippen LogP contribution in [0.3, 0.4) is 0 Å². The number of benzene rings is 1. The lowest BCUT2D eigenvalue weighted by atomic mass is 10.2. The first kappa shape index (κ1) is 16.2. The molecule has 0 radical (unpaired) electrons. The molecule has 3 N–H and O–H groups in total. The third-order valence-corrected chi connectivity index (χ3v) is 2.56. The van der Waals surface area contributed by atoms with Gasteiger partial charge in [0.1, 0.15) is 11.6 Å². The Labute approximate surface area is 123 Å². The van der Waals surface area contributed by atoms with Gasteiger partial charge in [-0.15, -0.1) is 0 Å². The highest BCUT2D eigenvalue weighted by atomic mass is 16.2. The average molecular weight is 286 g/mol. The zero-order chi connectivity index (χ0) is 15.7. The fourth-order valence-corrected chi connectivity index (χ4v) is 1.47. The van der Waals surface area contributed by atoms with Crippen LogP contribution in [0.5, 0.6) is 0 Å². The number of rotatable bonds is 6. The molecule has 21 heavy (non-hydrogen) atoms. The Morgan fingerprint density at radius 3 is 2.48 bits per heavy atom. The fourth-order valence-electron chi connectivity index (χ4n) is 1.47. The smallest absolute Gasteiger partial charge is 0.267 e. The second-order valence-corrected chi connectivity index (χ2v) is 4.43. The topological polar surface area (TPSA) is 94.0 Å². The van der Waals surface area contributed by atoms with Crippen LogP contribution in [-0.4, -0.2) is 24.9 Å². The molecule has 0 spiro atoms. The highest BCUT2D eigenvalue weighted by molar-refractivity contribution is 6.06. The molecule has 1 aromatic rings. The maximum atomic E-state index is 11.9. The van der Waals surface area contributed by atoms with Gasteiger partial charge in [-0.3, -0.25) is 9.59 Å². The molecule has 0 aromatic heterocycles. The molecule has 0 atom stereocenters. The summed E-state index contributed by atoms with van der Waals surface area (Å²) in [6, 6.07) is 9.12. The summed E-state index contributed by atoms with van der Waals surface area (Å²) >= 11 is 0. The summed E-state index contributed by atoms with van der Waals surface area (Å²) in [7, 11) is 0. The van der Waals surface area contributed by atoms with E-state index in [1.807, 2.05) is 25.1 Å². The number of carbonyl (C=O) groups is 2. The van der Waals surface area contributed by atoms with E-state index in [-0.39, 0.29) is 11.5 Å². The van der Waals surface area contributed by atoms with Crippen LogP contribution in [0.25, 0.3) is 0 Å². The van der Waals surface area contributed by atoms with Gasteiger partial charge in [-0.05, 0) is 19.1 Å². The van der Waals surface area contributed by atoms with E-state index < -0.39 is 5.91 Å². The van der Waals surface area contributed by atoms with Gasteiger partial charge < -0.3 is 16.0 Å². The average Bonchev–Trinajstić information content (AvgIpc) is 2.45. The van der Waals surface area contributed by atoms with E-state index in [0.29, 0.717) is 18.8 Å². The lowest BCUT2D eigenvalue weighted by Crippen LogP contribution is -2.28. The summed E-state index contributed by atoms with van der Waals surface area (Å²) in [5.41, 5.74) is 1.69. The predicted molar refractivity (Wildman–Crippen MR) is 80.2 cm³/mol. The summed E-state index contributed by atoms with van der Waals surface area (Å²) in [4.78, 5) is 22.6. The minimum absolute atomic E-state index is 0.0293. The zero-order valence-electron chi connectivity index (χ0n) is 12.1. The Kier molecular flexibility index (Phi) is 6.48. The Morgan fingerprint density at radius 1 is 1.24 bits per heavy atom. The van der Waals surface area contributed by atoms with Gasteiger partial charge in [-0.1, -0.05) is 17.7 Å². The quantitative estimate of drug-likeness (QED) is 0.414. The van der Waals surface area contributed by atoms with E-state index in [1.165, 1.54) is 13.1 Å². The van der Waals surface area contributed by atoms with Crippen molar-refractivity contribution in [3.8, 4) is 6.07 Å². The molecule has 0 unspecified atom stereocenters. The van der Waals surface area contributed by atoms with Gasteiger partial charge in [0.25, 0.3) is 5.91 Å². The van der Waals surface area contributed by atoms with E-state index in [4.69, 9.17) is 5.26 Å². The van der Waals surface area contributed by atoms with Gasteiger partial charge in [0.2, 0.25) is 5.91 Å². The molecule has 0 aliphatic carbocycles. The highest BCUT2D eigenvalue weighted by Gasteiger charge is 2.08. The number of amides is 2. The predicted octanol–water partition coefficient (Wildman–Crippen LogP) is 1.07. The van der Waals surface area contributed by atoms with Crippen molar-refractivity contribution in [3.63, 3.8) is 0 Å². The van der Waals surface area contributed by atoms with Crippen molar-refractivity contribution < 1.29 is 9.59 Å². The minimum Gasteiger partial charge on any atom is -0.388 e. The highest BCUT2D eigenvalue weighted by Crippen LogP contribution is 2.09. The van der Waals surface area contributed by atoms with Gasteiger partial charge >= 0.3 is 0 Å². The number of nitrogens with zero attached hydrogens (tertiary/aromatic N) is 1. The molecular weight excluding hydrogens is 268 g/mol. The third kappa shape index (κ3) is 6.25. The van der Waals surface area contributed by atoms with Crippen LogP contribution in [0.1, 0.15) is 12.5 Å². The van der Waals surface area contributed by atoms with Gasteiger partial charge in [-0.25, -0.2) is 0 Å². The standard InChI is InChI=1S/C15H18N4O2/c1-11-3-5-14(6-4-11)19-15(21)13(9-16)10-17-7-8-18-12(2)20/h3-6,10,17H,7-8H2,1-2H3,(H,18,20)(H,19,21)/b13-10-. The SMILES string of the molecule is CC(=O)NCCN/C=C(/C#N)C(=O)Nc1ccc(C)cc1. The van der Waals surface area contributed by atoms with Crippen LogP contribution in [0.15, 0.2) is 36.0 Å². The van der Waals surface area contributed by atoms with Crippen molar-refractivity contribution in [1.82, 2.24) is 10.6 Å². The summed E-state index contributed by atoms with van der Waals surface area (Å²) < 4.78 is 0. The summed E-state index contributed by atoms with van der Waals surface area (Å²) in [6.07, 6.45) is 1.34. The molecule has 2 amide bonds. The van der Waals surface area contributed by atoms with Crippen LogP contribution >= 0.6 is 0 Å². The van der Waals surface area contributed by atoms with Crippen molar-refractivity contribution in [3.05, 3.63) is 41.6 Å². The molecule has 1 aromatic carbocycles. The van der Waals surface area contributed by atoms with Gasteiger partial charge in [0, 0.05) is 31.9 Å². The largest absolute Gasteiger partial charge is 0.388 e. The molecule has 110 valence electrons.